The van der Waals surface area contributed by atoms with Gasteiger partial charge in [-0.1, -0.05) is 18.6 Å². The first-order valence-electron chi connectivity index (χ1n) is 9.45. The van der Waals surface area contributed by atoms with Gasteiger partial charge in [-0.3, -0.25) is 0 Å². The first-order valence-corrected chi connectivity index (χ1v) is 9.45. The molecule has 132 valence electrons. The number of rotatable bonds is 0. The quantitative estimate of drug-likeness (QED) is 0.643. The number of phenolic OH excluding ortho intramolecular Hbond substituents is 1. The average Bonchev–Trinajstić information content (AvgIpc) is 2.82. The number of hydrogen-bond donors (Lipinski definition) is 2. The fourth-order valence-corrected chi connectivity index (χ4v) is 5.54. The number of aliphatic hydroxyl groups is 1. The van der Waals surface area contributed by atoms with Crippen molar-refractivity contribution >= 4 is 0 Å². The summed E-state index contributed by atoms with van der Waals surface area (Å²) in [6, 6.07) is 5.96. The molecule has 2 heteroatoms. The second-order valence-corrected chi connectivity index (χ2v) is 8.64. The molecule has 0 spiro atoms. The van der Waals surface area contributed by atoms with E-state index in [-0.39, 0.29) is 11.5 Å². The van der Waals surface area contributed by atoms with Crippen molar-refractivity contribution in [2.24, 2.45) is 17.3 Å². The van der Waals surface area contributed by atoms with Crippen molar-refractivity contribution in [2.75, 3.05) is 0 Å². The van der Waals surface area contributed by atoms with E-state index in [4.69, 9.17) is 0 Å². The molecule has 0 radical (unpaired) electrons. The Morgan fingerprint density at radius 2 is 1.88 bits per heavy atom. The van der Waals surface area contributed by atoms with Gasteiger partial charge < -0.3 is 10.2 Å². The van der Waals surface area contributed by atoms with Gasteiger partial charge in [0.05, 0.1) is 6.10 Å². The van der Waals surface area contributed by atoms with Gasteiger partial charge in [-0.15, -0.1) is 6.58 Å². The number of phenols is 1. The monoisotopic (exact) mass is 328 g/mol. The lowest BCUT2D eigenvalue weighted by Crippen LogP contribution is -2.43. The molecule has 5 atom stereocenters. The van der Waals surface area contributed by atoms with Crippen LogP contribution in [-0.4, -0.2) is 16.3 Å². The van der Waals surface area contributed by atoms with Crippen LogP contribution in [0.15, 0.2) is 30.4 Å². The summed E-state index contributed by atoms with van der Waals surface area (Å²) >= 11 is 0. The van der Waals surface area contributed by atoms with Gasteiger partial charge in [0.25, 0.3) is 0 Å². The predicted molar refractivity (Wildman–Crippen MR) is 99.2 cm³/mol. The molecule has 2 N–H and O–H groups in total. The predicted octanol–water partition coefficient (Wildman–Crippen LogP) is 5.19. The van der Waals surface area contributed by atoms with Crippen LogP contribution in [0, 0.1) is 17.3 Å². The Kier molecular flexibility index (Phi) is 4.79. The van der Waals surface area contributed by atoms with E-state index in [1.807, 2.05) is 26.0 Å². The Labute approximate surface area is 146 Å². The maximum Gasteiger partial charge on any atom is 0.115 e. The Bertz CT molecular complexity index is 616. The minimum absolute atomic E-state index is 0.0883. The van der Waals surface area contributed by atoms with E-state index in [0.717, 1.165) is 25.2 Å². The summed E-state index contributed by atoms with van der Waals surface area (Å²) in [4.78, 5) is 0. The lowest BCUT2D eigenvalue weighted by molar-refractivity contribution is -0.0226. The van der Waals surface area contributed by atoms with Crippen molar-refractivity contribution in [3.8, 4) is 5.75 Å². The Balaban J connectivity index is 0.000000383. The van der Waals surface area contributed by atoms with Crippen molar-refractivity contribution in [2.45, 2.75) is 71.3 Å². The van der Waals surface area contributed by atoms with Gasteiger partial charge in [-0.25, -0.2) is 0 Å². The summed E-state index contributed by atoms with van der Waals surface area (Å²) in [7, 11) is 0. The fraction of sp³-hybridized carbons (Fsp3) is 0.636. The number of allylic oxidation sites excluding steroid dienone is 1. The van der Waals surface area contributed by atoms with Gasteiger partial charge >= 0.3 is 0 Å². The molecule has 4 rings (SSSR count). The van der Waals surface area contributed by atoms with Crippen molar-refractivity contribution in [3.05, 3.63) is 41.5 Å². The minimum atomic E-state index is -0.0883. The third-order valence-electron chi connectivity index (χ3n) is 6.66. The summed E-state index contributed by atoms with van der Waals surface area (Å²) < 4.78 is 0. The lowest BCUT2D eigenvalue weighted by atomic mass is 9.55. The summed E-state index contributed by atoms with van der Waals surface area (Å²) in [5.41, 5.74) is 4.16. The van der Waals surface area contributed by atoms with Gasteiger partial charge in [0, 0.05) is 0 Å². The second kappa shape index (κ2) is 6.55. The molecule has 0 bridgehead atoms. The first-order chi connectivity index (χ1) is 11.3. The SMILES string of the molecule is C=C(C)C.C[C@]12CC[C@@H]3c4ccc(O)cc4CC[C@H]3[C@@H]1CC[C@@H]2O. The van der Waals surface area contributed by atoms with Crippen LogP contribution in [0.2, 0.25) is 0 Å². The Hall–Kier alpha value is -1.28. The van der Waals surface area contributed by atoms with Crippen LogP contribution in [0.5, 0.6) is 5.75 Å². The smallest absolute Gasteiger partial charge is 0.115 e. The van der Waals surface area contributed by atoms with E-state index < -0.39 is 0 Å². The van der Waals surface area contributed by atoms with Crippen molar-refractivity contribution in [1.82, 2.24) is 0 Å². The van der Waals surface area contributed by atoms with Gasteiger partial charge in [0.15, 0.2) is 0 Å². The molecule has 24 heavy (non-hydrogen) atoms. The molecule has 1 aromatic carbocycles. The molecule has 3 aliphatic rings. The number of benzene rings is 1. The van der Waals surface area contributed by atoms with E-state index in [9.17, 15) is 10.2 Å². The van der Waals surface area contributed by atoms with Crippen LogP contribution in [-0.2, 0) is 6.42 Å². The highest BCUT2D eigenvalue weighted by atomic mass is 16.3. The highest BCUT2D eigenvalue weighted by molar-refractivity contribution is 5.40. The van der Waals surface area contributed by atoms with Crippen LogP contribution in [0.25, 0.3) is 0 Å². The summed E-state index contributed by atoms with van der Waals surface area (Å²) in [5, 5.41) is 20.0. The van der Waals surface area contributed by atoms with Crippen molar-refractivity contribution < 1.29 is 10.2 Å². The summed E-state index contributed by atoms with van der Waals surface area (Å²) in [5.74, 6) is 2.49. The van der Waals surface area contributed by atoms with Crippen LogP contribution >= 0.6 is 0 Å². The topological polar surface area (TPSA) is 40.5 Å². The third-order valence-corrected chi connectivity index (χ3v) is 6.66. The number of hydrogen-bond acceptors (Lipinski definition) is 2. The zero-order valence-electron chi connectivity index (χ0n) is 15.4. The molecular formula is C22H32O2. The standard InChI is InChI=1S/C18H24O2.C4H8/c1-18-9-8-14-13-5-3-12(19)10-11(13)2-4-15(14)16(18)6-7-17(18)20;1-4(2)3/h3,5,10,14-17,19-20H,2,4,6-9H2,1H3;1H2,2-3H3/t14-,15-,16+,17+,18+;/m1./s1. The highest BCUT2D eigenvalue weighted by Gasteiger charge is 2.54. The molecule has 2 saturated carbocycles. The van der Waals surface area contributed by atoms with E-state index in [2.05, 4.69) is 19.6 Å². The molecule has 0 aliphatic heterocycles. The zero-order chi connectivity index (χ0) is 17.5. The Morgan fingerprint density at radius 1 is 1.17 bits per heavy atom. The number of aliphatic hydroxyl groups excluding tert-OH is 1. The maximum absolute atomic E-state index is 10.4. The molecule has 0 aromatic heterocycles. The van der Waals surface area contributed by atoms with Crippen molar-refractivity contribution in [1.29, 1.82) is 0 Å². The summed E-state index contributed by atoms with van der Waals surface area (Å²) in [6.45, 7) is 9.82. The number of fused-ring (bicyclic) bond motifs is 5. The number of aryl methyl sites for hydroxylation is 1. The van der Waals surface area contributed by atoms with Crippen molar-refractivity contribution in [3.63, 3.8) is 0 Å². The van der Waals surface area contributed by atoms with E-state index in [1.165, 1.54) is 36.0 Å². The van der Waals surface area contributed by atoms with Crippen LogP contribution in [0.4, 0.5) is 0 Å². The fourth-order valence-electron chi connectivity index (χ4n) is 5.54. The van der Waals surface area contributed by atoms with Gasteiger partial charge in [0.1, 0.15) is 5.75 Å². The molecule has 0 saturated heterocycles. The molecular weight excluding hydrogens is 296 g/mol. The highest BCUT2D eigenvalue weighted by Crippen LogP contribution is 2.60. The molecule has 3 aliphatic carbocycles. The van der Waals surface area contributed by atoms with Crippen LogP contribution in [0.3, 0.4) is 0 Å². The number of aromatic hydroxyl groups is 1. The maximum atomic E-state index is 10.4. The first kappa shape index (κ1) is 17.5. The molecule has 1 aromatic rings. The van der Waals surface area contributed by atoms with Gasteiger partial charge in [0.2, 0.25) is 0 Å². The van der Waals surface area contributed by atoms with Crippen LogP contribution in [0.1, 0.15) is 69.9 Å². The molecule has 2 nitrogen and oxygen atoms in total. The molecule has 0 amide bonds. The van der Waals surface area contributed by atoms with E-state index in [0.29, 0.717) is 17.6 Å². The molecule has 0 unspecified atom stereocenters. The van der Waals surface area contributed by atoms with E-state index in [1.54, 1.807) is 0 Å². The normalized spacial score (nSPS) is 36.7. The van der Waals surface area contributed by atoms with E-state index >= 15 is 0 Å². The van der Waals surface area contributed by atoms with Gasteiger partial charge in [-0.2, -0.15) is 0 Å². The largest absolute Gasteiger partial charge is 0.508 e. The average molecular weight is 328 g/mol. The van der Waals surface area contributed by atoms with Crippen LogP contribution < -0.4 is 0 Å². The molecule has 0 heterocycles. The minimum Gasteiger partial charge on any atom is -0.508 e. The summed E-state index contributed by atoms with van der Waals surface area (Å²) in [6.07, 6.45) is 6.78. The lowest BCUT2D eigenvalue weighted by Gasteiger charge is -2.50. The third kappa shape index (κ3) is 3.01. The van der Waals surface area contributed by atoms with Gasteiger partial charge in [-0.05, 0) is 98.8 Å². The Morgan fingerprint density at radius 3 is 2.58 bits per heavy atom. The molecule has 2 fully saturated rings. The second-order valence-electron chi connectivity index (χ2n) is 8.64. The zero-order valence-corrected chi connectivity index (χ0v) is 15.4.